The van der Waals surface area contributed by atoms with Gasteiger partial charge in [-0.05, 0) is 60.5 Å². The smallest absolute Gasteiger partial charge is 0.335 e. The second-order valence-corrected chi connectivity index (χ2v) is 9.23. The van der Waals surface area contributed by atoms with Crippen molar-refractivity contribution < 1.29 is 24.2 Å². The van der Waals surface area contributed by atoms with Gasteiger partial charge in [-0.1, -0.05) is 42.1 Å². The van der Waals surface area contributed by atoms with E-state index in [0.717, 1.165) is 17.0 Å². The lowest BCUT2D eigenvalue weighted by atomic mass is 10.1. The van der Waals surface area contributed by atoms with E-state index in [1.165, 1.54) is 36.0 Å². The zero-order valence-electron chi connectivity index (χ0n) is 19.6. The number of rotatable bonds is 9. The molecular weight excluding hydrogens is 478 g/mol. The number of carboxylic acid groups (broad SMARTS) is 1. The lowest BCUT2D eigenvalue weighted by Crippen LogP contribution is -2.35. The Morgan fingerprint density at radius 1 is 1.03 bits per heavy atom. The zero-order valence-corrected chi connectivity index (χ0v) is 20.4. The van der Waals surface area contributed by atoms with Crippen LogP contribution < -0.4 is 10.1 Å². The minimum Gasteiger partial charge on any atom is -0.497 e. The number of methoxy groups -OCH3 is 1. The Morgan fingerprint density at radius 3 is 2.36 bits per heavy atom. The Labute approximate surface area is 213 Å². The van der Waals surface area contributed by atoms with Gasteiger partial charge in [-0.2, -0.15) is 0 Å². The topological polar surface area (TPSA) is 108 Å². The fourth-order valence-electron chi connectivity index (χ4n) is 3.65. The number of nitrogens with zero attached hydrogens (tertiary/aromatic N) is 2. The molecule has 1 aliphatic rings. The van der Waals surface area contributed by atoms with Gasteiger partial charge in [0.05, 0.1) is 18.4 Å². The van der Waals surface area contributed by atoms with Crippen molar-refractivity contribution in [3.63, 3.8) is 0 Å². The number of carbonyl (C=O) groups is 3. The Bertz CT molecular complexity index is 1260. The van der Waals surface area contributed by atoms with E-state index in [2.05, 4.69) is 10.3 Å². The minimum atomic E-state index is -1.04. The second-order valence-electron chi connectivity index (χ2n) is 8.06. The number of amidine groups is 1. The fraction of sp³-hybridized carbons (Fsp3) is 0.185. The van der Waals surface area contributed by atoms with Gasteiger partial charge in [-0.15, -0.1) is 0 Å². The molecule has 1 heterocycles. The van der Waals surface area contributed by atoms with Crippen molar-refractivity contribution in [1.82, 2.24) is 4.90 Å². The number of aromatic carboxylic acids is 1. The molecule has 3 aromatic rings. The summed E-state index contributed by atoms with van der Waals surface area (Å²) in [4.78, 5) is 43.3. The van der Waals surface area contributed by atoms with Crippen LogP contribution in [0.15, 0.2) is 83.9 Å². The number of carboxylic acids is 1. The highest BCUT2D eigenvalue weighted by molar-refractivity contribution is 8.15. The number of aliphatic imine (C=N–C) groups is 1. The van der Waals surface area contributed by atoms with E-state index in [4.69, 9.17) is 9.84 Å². The van der Waals surface area contributed by atoms with Gasteiger partial charge in [-0.25, -0.2) is 9.79 Å². The highest BCUT2D eigenvalue weighted by Gasteiger charge is 2.39. The summed E-state index contributed by atoms with van der Waals surface area (Å²) in [7, 11) is 1.61. The maximum absolute atomic E-state index is 13.3. The molecule has 0 unspecified atom stereocenters. The van der Waals surface area contributed by atoms with Gasteiger partial charge in [0.1, 0.15) is 11.0 Å². The van der Waals surface area contributed by atoms with Crippen molar-refractivity contribution in [1.29, 1.82) is 0 Å². The van der Waals surface area contributed by atoms with E-state index < -0.39 is 11.2 Å². The number of carbonyl (C=O) groups excluding carboxylic acids is 2. The lowest BCUT2D eigenvalue weighted by molar-refractivity contribution is -0.128. The first-order valence-corrected chi connectivity index (χ1v) is 12.2. The Kier molecular flexibility index (Phi) is 8.02. The van der Waals surface area contributed by atoms with Crippen LogP contribution in [-0.4, -0.2) is 51.9 Å². The molecule has 0 radical (unpaired) electrons. The third kappa shape index (κ3) is 6.31. The monoisotopic (exact) mass is 503 g/mol. The number of hydrogen-bond donors (Lipinski definition) is 2. The van der Waals surface area contributed by atoms with Crippen LogP contribution in [0, 0.1) is 0 Å². The summed E-state index contributed by atoms with van der Waals surface area (Å²) in [5, 5.41) is 11.7. The Hall–Kier alpha value is -4.11. The quantitative estimate of drug-likeness (QED) is 0.442. The average Bonchev–Trinajstić information content (AvgIpc) is 3.17. The molecule has 8 nitrogen and oxygen atoms in total. The van der Waals surface area contributed by atoms with Crippen molar-refractivity contribution in [2.75, 3.05) is 19.0 Å². The van der Waals surface area contributed by atoms with Crippen LogP contribution in [0.2, 0.25) is 0 Å². The molecule has 36 heavy (non-hydrogen) atoms. The number of benzene rings is 3. The second kappa shape index (κ2) is 11.5. The SMILES string of the molecule is COc1ccc(CCN2C(=O)[C@H](CC(=O)Nc3ccc(C(=O)O)cc3)SC2=Nc2ccccc2)cc1. The summed E-state index contributed by atoms with van der Waals surface area (Å²) in [6.07, 6.45) is 0.593. The fourth-order valence-corrected chi connectivity index (χ4v) is 4.84. The van der Waals surface area contributed by atoms with E-state index in [0.29, 0.717) is 23.8 Å². The van der Waals surface area contributed by atoms with Crippen molar-refractivity contribution in [2.45, 2.75) is 18.1 Å². The highest BCUT2D eigenvalue weighted by Crippen LogP contribution is 2.32. The van der Waals surface area contributed by atoms with Crippen LogP contribution in [-0.2, 0) is 16.0 Å². The van der Waals surface area contributed by atoms with Crippen molar-refractivity contribution in [3.8, 4) is 5.75 Å². The van der Waals surface area contributed by atoms with Crippen molar-refractivity contribution >= 4 is 46.1 Å². The number of thioether (sulfide) groups is 1. The van der Waals surface area contributed by atoms with Gasteiger partial charge in [0.25, 0.3) is 0 Å². The summed E-state index contributed by atoms with van der Waals surface area (Å²) in [6, 6.07) is 22.9. The molecular formula is C27H25N3O5S. The van der Waals surface area contributed by atoms with E-state index >= 15 is 0 Å². The van der Waals surface area contributed by atoms with Gasteiger partial charge in [-0.3, -0.25) is 14.5 Å². The number of hydrogen-bond acceptors (Lipinski definition) is 6. The molecule has 0 aromatic heterocycles. The third-order valence-electron chi connectivity index (χ3n) is 5.57. The molecule has 0 saturated carbocycles. The summed E-state index contributed by atoms with van der Waals surface area (Å²) in [5.74, 6) is -0.776. The first-order chi connectivity index (χ1) is 17.4. The number of amides is 2. The first-order valence-electron chi connectivity index (χ1n) is 11.3. The summed E-state index contributed by atoms with van der Waals surface area (Å²) < 4.78 is 5.21. The van der Waals surface area contributed by atoms with Gasteiger partial charge in [0.15, 0.2) is 5.17 Å². The molecule has 1 aliphatic heterocycles. The van der Waals surface area contributed by atoms with Crippen molar-refractivity contribution in [3.05, 3.63) is 90.0 Å². The largest absolute Gasteiger partial charge is 0.497 e. The molecule has 0 spiro atoms. The predicted octanol–water partition coefficient (Wildman–Crippen LogP) is 4.60. The first kappa shape index (κ1) is 25.0. The van der Waals surface area contributed by atoms with E-state index in [9.17, 15) is 14.4 Å². The number of anilines is 1. The van der Waals surface area contributed by atoms with E-state index in [1.807, 2.05) is 54.6 Å². The molecule has 0 aliphatic carbocycles. The van der Waals surface area contributed by atoms with Gasteiger partial charge < -0.3 is 15.2 Å². The standard InChI is InChI=1S/C27H25N3O5S/c1-35-22-13-7-18(8-14-22)15-16-30-25(32)23(36-27(30)29-20-5-3-2-4-6-20)17-24(31)28-21-11-9-19(10-12-21)26(33)34/h2-14,23H,15-17H2,1H3,(H,28,31)(H,33,34)/t23-/m0/s1. The molecule has 9 heteroatoms. The lowest BCUT2D eigenvalue weighted by Gasteiger charge is -2.16. The highest BCUT2D eigenvalue weighted by atomic mass is 32.2. The normalized spacial score (nSPS) is 16.2. The molecule has 2 amide bonds. The maximum atomic E-state index is 13.3. The minimum absolute atomic E-state index is 0.0307. The molecule has 0 bridgehead atoms. The molecule has 1 atom stereocenters. The van der Waals surface area contributed by atoms with Crippen molar-refractivity contribution in [2.24, 2.45) is 4.99 Å². The molecule has 184 valence electrons. The number of ether oxygens (including phenoxy) is 1. The third-order valence-corrected chi connectivity index (χ3v) is 6.75. The van der Waals surface area contributed by atoms with Crippen LogP contribution in [0.1, 0.15) is 22.3 Å². The van der Waals surface area contributed by atoms with Crippen LogP contribution in [0.3, 0.4) is 0 Å². The Morgan fingerprint density at radius 2 is 1.72 bits per heavy atom. The summed E-state index contributed by atoms with van der Waals surface area (Å²) >= 11 is 1.28. The van der Waals surface area contributed by atoms with Crippen LogP contribution in [0.5, 0.6) is 5.75 Å². The van der Waals surface area contributed by atoms with E-state index in [-0.39, 0.29) is 23.8 Å². The zero-order chi connectivity index (χ0) is 25.5. The van der Waals surface area contributed by atoms with Crippen LogP contribution in [0.4, 0.5) is 11.4 Å². The summed E-state index contributed by atoms with van der Waals surface area (Å²) in [5.41, 5.74) is 2.38. The van der Waals surface area contributed by atoms with Gasteiger partial charge in [0, 0.05) is 18.7 Å². The maximum Gasteiger partial charge on any atom is 0.335 e. The molecule has 1 fully saturated rings. The average molecular weight is 504 g/mol. The van der Waals surface area contributed by atoms with Gasteiger partial charge in [0.2, 0.25) is 11.8 Å². The molecule has 2 N–H and O–H groups in total. The summed E-state index contributed by atoms with van der Waals surface area (Å²) in [6.45, 7) is 0.429. The number of nitrogens with one attached hydrogen (secondary N) is 1. The molecule has 1 saturated heterocycles. The Balaban J connectivity index is 1.46. The predicted molar refractivity (Wildman–Crippen MR) is 140 cm³/mol. The van der Waals surface area contributed by atoms with E-state index in [1.54, 1.807) is 12.0 Å². The molecule has 3 aromatic carbocycles. The number of para-hydroxylation sites is 1. The molecule has 4 rings (SSSR count). The van der Waals surface area contributed by atoms with Crippen LogP contribution >= 0.6 is 11.8 Å². The van der Waals surface area contributed by atoms with Gasteiger partial charge >= 0.3 is 5.97 Å². The van der Waals surface area contributed by atoms with Crippen LogP contribution in [0.25, 0.3) is 0 Å².